The molecule has 0 radical (unpaired) electrons. The Balaban J connectivity index is 0.00000784. The van der Waals surface area contributed by atoms with Crippen molar-refractivity contribution in [3.05, 3.63) is 23.9 Å². The van der Waals surface area contributed by atoms with Gasteiger partial charge in [-0.3, -0.25) is 4.99 Å². The number of nitrogens with zero attached hydrogens (tertiary/aromatic N) is 2. The number of guanidine groups is 1. The maximum absolute atomic E-state index is 11.9. The van der Waals surface area contributed by atoms with E-state index in [1.165, 1.54) is 0 Å². The van der Waals surface area contributed by atoms with E-state index in [2.05, 4.69) is 32.9 Å². The number of aromatic nitrogens is 1. The first-order chi connectivity index (χ1) is 13.3. The van der Waals surface area contributed by atoms with Crippen LogP contribution in [0.4, 0.5) is 4.79 Å². The molecule has 0 aliphatic carbocycles. The van der Waals surface area contributed by atoms with Crippen molar-refractivity contribution in [1.82, 2.24) is 20.9 Å². The van der Waals surface area contributed by atoms with Gasteiger partial charge < -0.3 is 25.4 Å². The maximum atomic E-state index is 11.9. The highest BCUT2D eigenvalue weighted by Gasteiger charge is 2.18. The Kier molecular flexibility index (Phi) is 13.4. The van der Waals surface area contributed by atoms with Crippen molar-refractivity contribution in [1.29, 1.82) is 0 Å². The molecule has 1 heterocycles. The highest BCUT2D eigenvalue weighted by Crippen LogP contribution is 2.12. The second kappa shape index (κ2) is 14.2. The normalized spacial score (nSPS) is 12.4. The number of pyridine rings is 1. The predicted molar refractivity (Wildman–Crippen MR) is 127 cm³/mol. The van der Waals surface area contributed by atoms with Crippen LogP contribution in [0.5, 0.6) is 5.88 Å². The molecule has 0 bridgehead atoms. The molecule has 0 spiro atoms. The number of amides is 1. The topological polar surface area (TPSA) is 96.9 Å². The number of rotatable bonds is 9. The molecule has 0 aromatic carbocycles. The van der Waals surface area contributed by atoms with Gasteiger partial charge in [-0.15, -0.1) is 24.0 Å². The van der Waals surface area contributed by atoms with E-state index in [1.54, 1.807) is 20.4 Å². The van der Waals surface area contributed by atoms with Gasteiger partial charge in [-0.25, -0.2) is 9.78 Å². The molecule has 0 saturated carbocycles. The zero-order chi connectivity index (χ0) is 21.0. The monoisotopic (exact) mass is 521 g/mol. The third kappa shape index (κ3) is 11.7. The third-order valence-electron chi connectivity index (χ3n) is 3.85. The lowest BCUT2D eigenvalue weighted by molar-refractivity contribution is 0.0523. The van der Waals surface area contributed by atoms with Crippen molar-refractivity contribution in [3.8, 4) is 5.88 Å². The van der Waals surface area contributed by atoms with Crippen LogP contribution < -0.4 is 20.7 Å². The zero-order valence-corrected chi connectivity index (χ0v) is 20.7. The Hall–Kier alpha value is -1.78. The first-order valence-corrected chi connectivity index (χ1v) is 9.71. The summed E-state index contributed by atoms with van der Waals surface area (Å²) < 4.78 is 10.6. The summed E-state index contributed by atoms with van der Waals surface area (Å²) in [6.45, 7) is 8.65. The highest BCUT2D eigenvalue weighted by molar-refractivity contribution is 14.0. The first-order valence-electron chi connectivity index (χ1n) is 9.71. The number of methoxy groups -OCH3 is 1. The van der Waals surface area contributed by atoms with Crippen LogP contribution in [-0.4, -0.2) is 49.4 Å². The molecule has 166 valence electrons. The number of carbonyl (C=O) groups excluding carboxylic acids is 1. The van der Waals surface area contributed by atoms with Gasteiger partial charge in [0.1, 0.15) is 5.60 Å². The Morgan fingerprint density at radius 3 is 2.62 bits per heavy atom. The van der Waals surface area contributed by atoms with E-state index < -0.39 is 11.7 Å². The number of hydrogen-bond donors (Lipinski definition) is 3. The van der Waals surface area contributed by atoms with Crippen LogP contribution >= 0.6 is 24.0 Å². The molecule has 1 unspecified atom stereocenters. The Bertz CT molecular complexity index is 635. The molecule has 0 aliphatic heterocycles. The summed E-state index contributed by atoms with van der Waals surface area (Å²) in [6.07, 6.45) is 4.30. The molecule has 0 saturated heterocycles. The zero-order valence-electron chi connectivity index (χ0n) is 18.4. The Morgan fingerprint density at radius 2 is 2.03 bits per heavy atom. The van der Waals surface area contributed by atoms with Crippen molar-refractivity contribution in [2.75, 3.05) is 20.7 Å². The summed E-state index contributed by atoms with van der Waals surface area (Å²) in [4.78, 5) is 20.4. The van der Waals surface area contributed by atoms with E-state index in [4.69, 9.17) is 9.47 Å². The molecule has 9 heteroatoms. The third-order valence-corrected chi connectivity index (χ3v) is 3.85. The van der Waals surface area contributed by atoms with Gasteiger partial charge in [-0.05, 0) is 33.3 Å². The molecule has 1 aromatic heterocycles. The lowest BCUT2D eigenvalue weighted by Crippen LogP contribution is -2.48. The lowest BCUT2D eigenvalue weighted by Gasteiger charge is -2.24. The summed E-state index contributed by atoms with van der Waals surface area (Å²) in [5.41, 5.74) is 0.418. The van der Waals surface area contributed by atoms with Crippen molar-refractivity contribution in [2.24, 2.45) is 4.99 Å². The fraction of sp³-hybridized carbons (Fsp3) is 0.650. The van der Waals surface area contributed by atoms with E-state index in [0.717, 1.165) is 24.8 Å². The summed E-state index contributed by atoms with van der Waals surface area (Å²) in [5, 5.41) is 9.47. The second-order valence-corrected chi connectivity index (χ2v) is 7.46. The molecule has 29 heavy (non-hydrogen) atoms. The molecule has 0 aliphatic rings. The quantitative estimate of drug-likeness (QED) is 0.262. The molecular weight excluding hydrogens is 485 g/mol. The van der Waals surface area contributed by atoms with Crippen LogP contribution in [0.25, 0.3) is 0 Å². The van der Waals surface area contributed by atoms with Crippen molar-refractivity contribution >= 4 is 36.0 Å². The van der Waals surface area contributed by atoms with Gasteiger partial charge in [0.25, 0.3) is 0 Å². The molecular formula is C20H36IN5O3. The average Bonchev–Trinajstić information content (AvgIpc) is 2.65. The molecule has 1 rings (SSSR count). The molecule has 1 atom stereocenters. The van der Waals surface area contributed by atoms with Crippen LogP contribution in [0, 0.1) is 0 Å². The number of ether oxygens (including phenoxy) is 2. The number of unbranched alkanes of at least 4 members (excludes halogenated alkanes) is 1. The van der Waals surface area contributed by atoms with Gasteiger partial charge in [0.05, 0.1) is 7.11 Å². The predicted octanol–water partition coefficient (Wildman–Crippen LogP) is 3.46. The summed E-state index contributed by atoms with van der Waals surface area (Å²) in [6, 6.07) is 3.85. The highest BCUT2D eigenvalue weighted by atomic mass is 127. The average molecular weight is 521 g/mol. The molecule has 1 aromatic rings. The maximum Gasteiger partial charge on any atom is 0.407 e. The largest absolute Gasteiger partial charge is 0.481 e. The van der Waals surface area contributed by atoms with Crippen molar-refractivity contribution in [2.45, 2.75) is 65.1 Å². The van der Waals surface area contributed by atoms with E-state index in [0.29, 0.717) is 24.9 Å². The minimum Gasteiger partial charge on any atom is -0.481 e. The SMILES string of the molecule is CCCCC(CNC(=O)OC(C)(C)C)NC(=NC)NCc1cccnc1OC.I. The minimum atomic E-state index is -0.517. The van der Waals surface area contributed by atoms with Gasteiger partial charge in [0, 0.05) is 37.9 Å². The van der Waals surface area contributed by atoms with Crippen molar-refractivity contribution in [3.63, 3.8) is 0 Å². The number of hydrogen-bond acceptors (Lipinski definition) is 5. The molecule has 3 N–H and O–H groups in total. The van der Waals surface area contributed by atoms with E-state index >= 15 is 0 Å². The van der Waals surface area contributed by atoms with Crippen LogP contribution in [-0.2, 0) is 11.3 Å². The van der Waals surface area contributed by atoms with Gasteiger partial charge in [-0.2, -0.15) is 0 Å². The number of halogens is 1. The van der Waals surface area contributed by atoms with Crippen LogP contribution in [0.15, 0.2) is 23.3 Å². The fourth-order valence-corrected chi connectivity index (χ4v) is 2.51. The summed E-state index contributed by atoms with van der Waals surface area (Å²) >= 11 is 0. The first kappa shape index (κ1) is 27.2. The standard InChI is InChI=1S/C20H35N5O3.HI/c1-7-8-11-16(14-24-19(26)28-20(2,3)4)25-18(21-5)23-13-15-10-9-12-22-17(15)27-6;/h9-10,12,16H,7-8,11,13-14H2,1-6H3,(H,24,26)(H2,21,23,25);1H. The summed E-state index contributed by atoms with van der Waals surface area (Å²) in [7, 11) is 3.32. The van der Waals surface area contributed by atoms with Crippen LogP contribution in [0.3, 0.4) is 0 Å². The lowest BCUT2D eigenvalue weighted by atomic mass is 10.1. The second-order valence-electron chi connectivity index (χ2n) is 7.46. The van der Waals surface area contributed by atoms with E-state index in [-0.39, 0.29) is 30.0 Å². The number of nitrogens with one attached hydrogen (secondary N) is 3. The summed E-state index contributed by atoms with van der Waals surface area (Å²) in [5.74, 6) is 1.23. The number of alkyl carbamates (subject to hydrolysis) is 1. The molecule has 8 nitrogen and oxygen atoms in total. The van der Waals surface area contributed by atoms with Gasteiger partial charge in [0.2, 0.25) is 5.88 Å². The van der Waals surface area contributed by atoms with Crippen LogP contribution in [0.1, 0.15) is 52.5 Å². The number of aliphatic imine (C=N–C) groups is 1. The van der Waals surface area contributed by atoms with E-state index in [9.17, 15) is 4.79 Å². The van der Waals surface area contributed by atoms with Gasteiger partial charge in [-0.1, -0.05) is 25.8 Å². The molecule has 1 amide bonds. The number of carbonyl (C=O) groups is 1. The van der Waals surface area contributed by atoms with Crippen molar-refractivity contribution < 1.29 is 14.3 Å². The van der Waals surface area contributed by atoms with Gasteiger partial charge >= 0.3 is 6.09 Å². The minimum absolute atomic E-state index is 0. The smallest absolute Gasteiger partial charge is 0.407 e. The van der Waals surface area contributed by atoms with Gasteiger partial charge in [0.15, 0.2) is 5.96 Å². The van der Waals surface area contributed by atoms with E-state index in [1.807, 2.05) is 32.9 Å². The van der Waals surface area contributed by atoms with Crippen LogP contribution in [0.2, 0.25) is 0 Å². The Morgan fingerprint density at radius 1 is 1.31 bits per heavy atom. The fourth-order valence-electron chi connectivity index (χ4n) is 2.51. The Labute approximate surface area is 191 Å². The molecule has 0 fully saturated rings.